The van der Waals surface area contributed by atoms with E-state index in [0.29, 0.717) is 12.8 Å². The van der Waals surface area contributed by atoms with E-state index in [4.69, 9.17) is 14.6 Å². The first-order valence-electron chi connectivity index (χ1n) is 7.74. The fraction of sp³-hybridized carbons (Fsp3) is 0.812. The van der Waals surface area contributed by atoms with Crippen molar-refractivity contribution in [3.8, 4) is 0 Å². The third kappa shape index (κ3) is 9.05. The Hall–Kier alpha value is -1.79. The molecule has 1 atom stereocenters. The highest BCUT2D eigenvalue weighted by Gasteiger charge is 2.37. The molecule has 0 bridgehead atoms. The van der Waals surface area contributed by atoms with Crippen LogP contribution in [0.3, 0.4) is 0 Å². The molecule has 0 fully saturated rings. The summed E-state index contributed by atoms with van der Waals surface area (Å²) in [6.07, 6.45) is -1.19. The monoisotopic (exact) mass is 331 g/mol. The van der Waals surface area contributed by atoms with Gasteiger partial charge in [-0.1, -0.05) is 13.3 Å². The van der Waals surface area contributed by atoms with Gasteiger partial charge < -0.3 is 14.6 Å². The first-order chi connectivity index (χ1) is 10.3. The second-order valence-electron chi connectivity index (χ2n) is 7.37. The maximum absolute atomic E-state index is 12.4. The molecule has 134 valence electrons. The van der Waals surface area contributed by atoms with E-state index in [-0.39, 0.29) is 6.42 Å². The van der Waals surface area contributed by atoms with Gasteiger partial charge in [0.1, 0.15) is 11.2 Å². The Morgan fingerprint density at radius 3 is 1.61 bits per heavy atom. The summed E-state index contributed by atoms with van der Waals surface area (Å²) >= 11 is 0. The third-order valence-corrected chi connectivity index (χ3v) is 2.58. The second-order valence-corrected chi connectivity index (χ2v) is 7.37. The molecule has 0 aromatic carbocycles. The molecule has 23 heavy (non-hydrogen) atoms. The average Bonchev–Trinajstić information content (AvgIpc) is 2.22. The van der Waals surface area contributed by atoms with Crippen LogP contribution in [0.2, 0.25) is 0 Å². The molecule has 7 nitrogen and oxygen atoms in total. The molecule has 0 saturated heterocycles. The number of carboxylic acid groups (broad SMARTS) is 1. The highest BCUT2D eigenvalue weighted by atomic mass is 16.6. The van der Waals surface area contributed by atoms with Crippen LogP contribution in [-0.2, 0) is 14.3 Å². The number of rotatable bonds is 5. The molecule has 0 aliphatic carbocycles. The molecule has 0 radical (unpaired) electrons. The Kier molecular flexibility index (Phi) is 7.54. The minimum absolute atomic E-state index is 0.352. The van der Waals surface area contributed by atoms with Gasteiger partial charge in [0.15, 0.2) is 0 Å². The van der Waals surface area contributed by atoms with Crippen LogP contribution in [0, 0.1) is 0 Å². The lowest BCUT2D eigenvalue weighted by Gasteiger charge is -2.32. The van der Waals surface area contributed by atoms with Crippen LogP contribution in [0.4, 0.5) is 9.59 Å². The van der Waals surface area contributed by atoms with E-state index in [1.165, 1.54) is 0 Å². The standard InChI is InChI=1S/C16H29NO6/c1-8-9-11(10-12(18)19)17(13(20)22-15(2,3)4)14(21)23-16(5,6)7/h11H,8-10H2,1-7H3,(H,18,19). The maximum Gasteiger partial charge on any atom is 0.420 e. The van der Waals surface area contributed by atoms with Crippen molar-refractivity contribution < 1.29 is 29.0 Å². The van der Waals surface area contributed by atoms with Crippen molar-refractivity contribution in [2.24, 2.45) is 0 Å². The minimum Gasteiger partial charge on any atom is -0.481 e. The van der Waals surface area contributed by atoms with Gasteiger partial charge in [0.2, 0.25) is 0 Å². The topological polar surface area (TPSA) is 93.1 Å². The molecule has 0 aromatic rings. The van der Waals surface area contributed by atoms with Crippen LogP contribution in [0.1, 0.15) is 67.7 Å². The Morgan fingerprint density at radius 2 is 1.35 bits per heavy atom. The van der Waals surface area contributed by atoms with E-state index >= 15 is 0 Å². The van der Waals surface area contributed by atoms with E-state index in [9.17, 15) is 14.4 Å². The zero-order valence-electron chi connectivity index (χ0n) is 15.1. The molecule has 1 N–H and O–H groups in total. The quantitative estimate of drug-likeness (QED) is 0.823. The second kappa shape index (κ2) is 8.17. The number of hydrogen-bond acceptors (Lipinski definition) is 5. The Morgan fingerprint density at radius 1 is 0.957 bits per heavy atom. The molecular formula is C16H29NO6. The molecule has 0 aliphatic rings. The van der Waals surface area contributed by atoms with Crippen LogP contribution < -0.4 is 0 Å². The number of carboxylic acids is 1. The van der Waals surface area contributed by atoms with E-state index in [1.807, 2.05) is 6.92 Å². The average molecular weight is 331 g/mol. The Balaban J connectivity index is 5.52. The van der Waals surface area contributed by atoms with E-state index in [0.717, 1.165) is 4.90 Å². The number of imide groups is 1. The molecule has 0 spiro atoms. The molecule has 2 amide bonds. The summed E-state index contributed by atoms with van der Waals surface area (Å²) in [6.45, 7) is 11.9. The SMILES string of the molecule is CCCC(CC(=O)O)N(C(=O)OC(C)(C)C)C(=O)OC(C)(C)C. The van der Waals surface area contributed by atoms with Gasteiger partial charge in [0.05, 0.1) is 12.5 Å². The van der Waals surface area contributed by atoms with Crippen molar-refractivity contribution in [3.63, 3.8) is 0 Å². The van der Waals surface area contributed by atoms with Gasteiger partial charge >= 0.3 is 18.2 Å². The first-order valence-corrected chi connectivity index (χ1v) is 7.74. The van der Waals surface area contributed by atoms with Crippen LogP contribution in [0.5, 0.6) is 0 Å². The van der Waals surface area contributed by atoms with Crippen LogP contribution >= 0.6 is 0 Å². The largest absolute Gasteiger partial charge is 0.481 e. The molecular weight excluding hydrogens is 302 g/mol. The summed E-state index contributed by atoms with van der Waals surface area (Å²) in [5, 5.41) is 9.06. The van der Waals surface area contributed by atoms with Crippen molar-refractivity contribution in [2.45, 2.75) is 85.0 Å². The zero-order chi connectivity index (χ0) is 18.4. The van der Waals surface area contributed by atoms with E-state index in [1.54, 1.807) is 41.5 Å². The van der Waals surface area contributed by atoms with E-state index < -0.39 is 35.4 Å². The number of nitrogens with zero attached hydrogens (tertiary/aromatic N) is 1. The van der Waals surface area contributed by atoms with Gasteiger partial charge in [-0.25, -0.2) is 14.5 Å². The van der Waals surface area contributed by atoms with Crippen molar-refractivity contribution in [2.75, 3.05) is 0 Å². The highest BCUT2D eigenvalue weighted by molar-refractivity contribution is 5.89. The summed E-state index contributed by atoms with van der Waals surface area (Å²) in [5.74, 6) is -1.10. The number of carbonyl (C=O) groups excluding carboxylic acids is 2. The zero-order valence-corrected chi connectivity index (χ0v) is 15.1. The molecule has 0 heterocycles. The van der Waals surface area contributed by atoms with Crippen molar-refractivity contribution in [1.82, 2.24) is 4.90 Å². The Labute approximate surface area is 137 Å². The van der Waals surface area contributed by atoms with E-state index in [2.05, 4.69) is 0 Å². The Bertz CT molecular complexity index is 405. The predicted molar refractivity (Wildman–Crippen MR) is 85.3 cm³/mol. The molecule has 7 heteroatoms. The molecule has 0 rings (SSSR count). The number of aliphatic carboxylic acids is 1. The normalized spacial score (nSPS) is 13.2. The number of hydrogen-bond donors (Lipinski definition) is 1. The van der Waals surface area contributed by atoms with Crippen molar-refractivity contribution in [3.05, 3.63) is 0 Å². The van der Waals surface area contributed by atoms with Crippen LogP contribution in [0.15, 0.2) is 0 Å². The van der Waals surface area contributed by atoms with Gasteiger partial charge in [-0.2, -0.15) is 0 Å². The predicted octanol–water partition coefficient (Wildman–Crippen LogP) is 3.80. The third-order valence-electron chi connectivity index (χ3n) is 2.58. The first kappa shape index (κ1) is 21.2. The summed E-state index contributed by atoms with van der Waals surface area (Å²) in [7, 11) is 0. The van der Waals surface area contributed by atoms with Crippen LogP contribution in [-0.4, -0.2) is 45.4 Å². The van der Waals surface area contributed by atoms with Gasteiger partial charge in [-0.3, -0.25) is 4.79 Å². The lowest BCUT2D eigenvalue weighted by molar-refractivity contribution is -0.138. The number of carbonyl (C=O) groups is 3. The van der Waals surface area contributed by atoms with Crippen molar-refractivity contribution in [1.29, 1.82) is 0 Å². The van der Waals surface area contributed by atoms with Gasteiger partial charge in [-0.05, 0) is 48.0 Å². The fourth-order valence-electron chi connectivity index (χ4n) is 1.85. The van der Waals surface area contributed by atoms with Gasteiger partial charge in [0.25, 0.3) is 0 Å². The van der Waals surface area contributed by atoms with Crippen molar-refractivity contribution >= 4 is 18.2 Å². The summed E-state index contributed by atoms with van der Waals surface area (Å²) < 4.78 is 10.5. The molecule has 0 aromatic heterocycles. The fourth-order valence-corrected chi connectivity index (χ4v) is 1.85. The summed E-state index contributed by atoms with van der Waals surface area (Å²) in [5.41, 5.74) is -1.62. The molecule has 0 saturated carbocycles. The maximum atomic E-state index is 12.4. The molecule has 0 aliphatic heterocycles. The van der Waals surface area contributed by atoms with Crippen LogP contribution in [0.25, 0.3) is 0 Å². The minimum atomic E-state index is -1.10. The lowest BCUT2D eigenvalue weighted by Crippen LogP contribution is -2.49. The smallest absolute Gasteiger partial charge is 0.420 e. The number of ether oxygens (including phenoxy) is 2. The van der Waals surface area contributed by atoms with Gasteiger partial charge in [0, 0.05) is 0 Å². The lowest BCUT2D eigenvalue weighted by atomic mass is 10.1. The summed E-state index contributed by atoms with van der Waals surface area (Å²) in [4.78, 5) is 36.6. The summed E-state index contributed by atoms with van der Waals surface area (Å²) in [6, 6.07) is -0.817. The van der Waals surface area contributed by atoms with Gasteiger partial charge in [-0.15, -0.1) is 0 Å². The highest BCUT2D eigenvalue weighted by Crippen LogP contribution is 2.20. The molecule has 1 unspecified atom stereocenters. The number of amides is 2.